The molecule has 0 bridgehead atoms. The number of aromatic nitrogens is 2. The Bertz CT molecular complexity index is 1120. The standard InChI is InChI=1S/C25H27N5O2S/c31-23(18-6-5-10-26-16-18)28-24-22(20-8-1-2-9-21(20)33-24)25(32)30-14-12-29(13-15-30)17-19-7-3-4-11-27-19/h3-7,10-11,16H,1-2,8-9,12-15,17H2,(H,28,31). The molecule has 170 valence electrons. The molecule has 0 spiro atoms. The van der Waals surface area contributed by atoms with Crippen LogP contribution in [-0.2, 0) is 19.4 Å². The second-order valence-corrected chi connectivity index (χ2v) is 9.61. The van der Waals surface area contributed by atoms with E-state index in [1.165, 1.54) is 4.88 Å². The molecule has 8 heteroatoms. The molecule has 1 N–H and O–H groups in total. The van der Waals surface area contributed by atoms with Crippen LogP contribution in [0.3, 0.4) is 0 Å². The number of carbonyl (C=O) groups is 2. The van der Waals surface area contributed by atoms with Crippen LogP contribution in [0.1, 0.15) is 49.7 Å². The summed E-state index contributed by atoms with van der Waals surface area (Å²) in [6.45, 7) is 3.76. The van der Waals surface area contributed by atoms with Gasteiger partial charge in [-0.05, 0) is 55.5 Å². The Hall–Kier alpha value is -3.10. The fourth-order valence-electron chi connectivity index (χ4n) is 4.54. The maximum Gasteiger partial charge on any atom is 0.257 e. The van der Waals surface area contributed by atoms with E-state index in [1.54, 1.807) is 35.9 Å². The molecular weight excluding hydrogens is 434 g/mol. The first kappa shape index (κ1) is 21.7. The van der Waals surface area contributed by atoms with Crippen LogP contribution in [0.5, 0.6) is 0 Å². The minimum Gasteiger partial charge on any atom is -0.336 e. The topological polar surface area (TPSA) is 78.4 Å². The van der Waals surface area contributed by atoms with E-state index >= 15 is 0 Å². The van der Waals surface area contributed by atoms with Gasteiger partial charge in [-0.25, -0.2) is 0 Å². The molecule has 3 aromatic rings. The van der Waals surface area contributed by atoms with E-state index in [1.807, 2.05) is 29.3 Å². The Morgan fingerprint density at radius 1 is 1.00 bits per heavy atom. The molecule has 33 heavy (non-hydrogen) atoms. The zero-order chi connectivity index (χ0) is 22.6. The van der Waals surface area contributed by atoms with Crippen LogP contribution < -0.4 is 5.32 Å². The van der Waals surface area contributed by atoms with Gasteiger partial charge in [0.2, 0.25) is 0 Å². The lowest BCUT2D eigenvalue weighted by atomic mass is 9.95. The van der Waals surface area contributed by atoms with Crippen LogP contribution in [0.2, 0.25) is 0 Å². The SMILES string of the molecule is O=C(Nc1sc2c(c1C(=O)N1CCN(Cc3ccccn3)CC1)CCCC2)c1cccnc1. The van der Waals surface area contributed by atoms with E-state index in [2.05, 4.69) is 20.2 Å². The number of aryl methyl sites for hydroxylation is 1. The van der Waals surface area contributed by atoms with E-state index in [0.29, 0.717) is 29.2 Å². The summed E-state index contributed by atoms with van der Waals surface area (Å²) in [6.07, 6.45) is 9.09. The number of nitrogens with zero attached hydrogens (tertiary/aromatic N) is 4. The first-order valence-electron chi connectivity index (χ1n) is 11.5. The van der Waals surface area contributed by atoms with Gasteiger partial charge >= 0.3 is 0 Å². The van der Waals surface area contributed by atoms with Crippen molar-refractivity contribution in [1.29, 1.82) is 0 Å². The van der Waals surface area contributed by atoms with Crippen LogP contribution in [0.15, 0.2) is 48.9 Å². The average Bonchev–Trinajstić information content (AvgIpc) is 3.23. The fourth-order valence-corrected chi connectivity index (χ4v) is 5.82. The van der Waals surface area contributed by atoms with Gasteiger partial charge in [-0.2, -0.15) is 0 Å². The summed E-state index contributed by atoms with van der Waals surface area (Å²) < 4.78 is 0. The van der Waals surface area contributed by atoms with Gasteiger partial charge in [0.15, 0.2) is 0 Å². The first-order valence-corrected chi connectivity index (χ1v) is 12.3. The number of amides is 2. The predicted molar refractivity (Wildman–Crippen MR) is 129 cm³/mol. The number of hydrogen-bond donors (Lipinski definition) is 1. The Morgan fingerprint density at radius 2 is 1.85 bits per heavy atom. The highest BCUT2D eigenvalue weighted by Crippen LogP contribution is 2.39. The Kier molecular flexibility index (Phi) is 6.46. The Labute approximate surface area is 197 Å². The van der Waals surface area contributed by atoms with Crippen LogP contribution >= 0.6 is 11.3 Å². The molecule has 2 amide bonds. The summed E-state index contributed by atoms with van der Waals surface area (Å²) >= 11 is 1.56. The van der Waals surface area contributed by atoms with E-state index in [9.17, 15) is 9.59 Å². The van der Waals surface area contributed by atoms with Crippen molar-refractivity contribution < 1.29 is 9.59 Å². The molecule has 5 rings (SSSR count). The molecule has 3 aromatic heterocycles. The van der Waals surface area contributed by atoms with Crippen LogP contribution in [-0.4, -0.2) is 57.8 Å². The van der Waals surface area contributed by atoms with Gasteiger partial charge in [-0.3, -0.25) is 24.5 Å². The number of pyridine rings is 2. The van der Waals surface area contributed by atoms with Gasteiger partial charge in [0.05, 0.1) is 16.8 Å². The summed E-state index contributed by atoms with van der Waals surface area (Å²) in [4.78, 5) is 40.4. The third-order valence-corrected chi connectivity index (χ3v) is 7.51. The number of nitrogens with one attached hydrogen (secondary N) is 1. The maximum atomic E-state index is 13.7. The molecule has 0 atom stereocenters. The van der Waals surface area contributed by atoms with Crippen LogP contribution in [0.25, 0.3) is 0 Å². The second kappa shape index (κ2) is 9.80. The number of rotatable bonds is 5. The number of carbonyl (C=O) groups excluding carboxylic acids is 2. The van der Waals surface area contributed by atoms with Gasteiger partial charge in [0.1, 0.15) is 5.00 Å². The minimum atomic E-state index is -0.226. The quantitative estimate of drug-likeness (QED) is 0.628. The normalized spacial score (nSPS) is 16.3. The van der Waals surface area contributed by atoms with Crippen molar-refractivity contribution in [2.24, 2.45) is 0 Å². The maximum absolute atomic E-state index is 13.7. The lowest BCUT2D eigenvalue weighted by molar-refractivity contribution is 0.0627. The zero-order valence-electron chi connectivity index (χ0n) is 18.5. The lowest BCUT2D eigenvalue weighted by Gasteiger charge is -2.35. The molecule has 1 aliphatic heterocycles. The minimum absolute atomic E-state index is 0.0355. The van der Waals surface area contributed by atoms with Gasteiger partial charge in [0, 0.05) is 56.2 Å². The van der Waals surface area contributed by atoms with E-state index < -0.39 is 0 Å². The van der Waals surface area contributed by atoms with Crippen molar-refractivity contribution in [3.63, 3.8) is 0 Å². The number of piperazine rings is 1. The summed E-state index contributed by atoms with van der Waals surface area (Å²) in [5.74, 6) is -0.190. The molecule has 1 aliphatic carbocycles. The van der Waals surface area contributed by atoms with Crippen LogP contribution in [0, 0.1) is 0 Å². The van der Waals surface area contributed by atoms with Gasteiger partial charge in [-0.15, -0.1) is 11.3 Å². The van der Waals surface area contributed by atoms with E-state index in [4.69, 9.17) is 0 Å². The van der Waals surface area contributed by atoms with Crippen molar-refractivity contribution in [2.75, 3.05) is 31.5 Å². The first-order chi connectivity index (χ1) is 16.2. The number of hydrogen-bond acceptors (Lipinski definition) is 6. The average molecular weight is 462 g/mol. The van der Waals surface area contributed by atoms with Crippen molar-refractivity contribution in [2.45, 2.75) is 32.2 Å². The monoisotopic (exact) mass is 461 g/mol. The molecule has 0 unspecified atom stereocenters. The molecule has 1 fully saturated rings. The summed E-state index contributed by atoms with van der Waals surface area (Å²) in [5, 5.41) is 3.70. The number of fused-ring (bicyclic) bond motifs is 1. The third kappa shape index (κ3) is 4.82. The highest BCUT2D eigenvalue weighted by atomic mass is 32.1. The number of thiophene rings is 1. The summed E-state index contributed by atoms with van der Waals surface area (Å²) in [6, 6.07) is 9.44. The smallest absolute Gasteiger partial charge is 0.257 e. The Balaban J connectivity index is 1.32. The molecule has 4 heterocycles. The summed E-state index contributed by atoms with van der Waals surface area (Å²) in [7, 11) is 0. The fraction of sp³-hybridized carbons (Fsp3) is 0.360. The lowest BCUT2D eigenvalue weighted by Crippen LogP contribution is -2.48. The van der Waals surface area contributed by atoms with Crippen LogP contribution in [0.4, 0.5) is 5.00 Å². The highest BCUT2D eigenvalue weighted by molar-refractivity contribution is 7.17. The van der Waals surface area contributed by atoms with Gasteiger partial charge in [0.25, 0.3) is 11.8 Å². The molecular formula is C25H27N5O2S. The Morgan fingerprint density at radius 3 is 2.61 bits per heavy atom. The predicted octanol–water partition coefficient (Wildman–Crippen LogP) is 3.63. The van der Waals surface area contributed by atoms with E-state index in [-0.39, 0.29) is 11.8 Å². The molecule has 0 radical (unpaired) electrons. The summed E-state index contributed by atoms with van der Waals surface area (Å²) in [5.41, 5.74) is 3.37. The molecule has 1 saturated heterocycles. The third-order valence-electron chi connectivity index (χ3n) is 6.31. The molecule has 0 saturated carbocycles. The van der Waals surface area contributed by atoms with Crippen molar-refractivity contribution >= 4 is 28.2 Å². The van der Waals surface area contributed by atoms with Gasteiger partial charge in [-0.1, -0.05) is 6.07 Å². The second-order valence-electron chi connectivity index (χ2n) is 8.50. The largest absolute Gasteiger partial charge is 0.336 e. The van der Waals surface area contributed by atoms with Crippen molar-refractivity contribution in [3.05, 3.63) is 76.2 Å². The van der Waals surface area contributed by atoms with Crippen molar-refractivity contribution in [3.8, 4) is 0 Å². The zero-order valence-corrected chi connectivity index (χ0v) is 19.3. The molecule has 7 nitrogen and oxygen atoms in total. The van der Waals surface area contributed by atoms with Gasteiger partial charge < -0.3 is 10.2 Å². The molecule has 2 aliphatic rings. The van der Waals surface area contributed by atoms with E-state index in [0.717, 1.165) is 56.6 Å². The number of anilines is 1. The van der Waals surface area contributed by atoms with Crippen molar-refractivity contribution in [1.82, 2.24) is 19.8 Å². The highest BCUT2D eigenvalue weighted by Gasteiger charge is 2.31. The molecule has 0 aromatic carbocycles.